The van der Waals surface area contributed by atoms with Crippen LogP contribution in [0.3, 0.4) is 0 Å². The maximum Gasteiger partial charge on any atom is 0.309 e. The molecule has 0 aromatic carbocycles. The number of pyridine rings is 1. The van der Waals surface area contributed by atoms with Crippen LogP contribution in [0.2, 0.25) is 0 Å². The molecule has 0 aliphatic carbocycles. The van der Waals surface area contributed by atoms with Crippen molar-refractivity contribution in [2.24, 2.45) is 5.92 Å². The fraction of sp³-hybridized carbons (Fsp3) is 0.368. The minimum absolute atomic E-state index is 0.0482. The Kier molecular flexibility index (Phi) is 4.62. The van der Waals surface area contributed by atoms with Gasteiger partial charge in [-0.3, -0.25) is 14.0 Å². The van der Waals surface area contributed by atoms with Gasteiger partial charge in [-0.25, -0.2) is 0 Å². The second-order valence-electron chi connectivity index (χ2n) is 6.59. The largest absolute Gasteiger partial charge is 0.466 e. The van der Waals surface area contributed by atoms with E-state index in [2.05, 4.69) is 15.2 Å². The van der Waals surface area contributed by atoms with Crippen LogP contribution >= 0.6 is 0 Å². The van der Waals surface area contributed by atoms with Gasteiger partial charge in [-0.05, 0) is 38.0 Å². The van der Waals surface area contributed by atoms with Crippen LogP contribution < -0.4 is 0 Å². The lowest BCUT2D eigenvalue weighted by molar-refractivity contribution is -0.149. The summed E-state index contributed by atoms with van der Waals surface area (Å²) >= 11 is 0. The van der Waals surface area contributed by atoms with Gasteiger partial charge in [-0.2, -0.15) is 0 Å². The molecule has 1 amide bonds. The van der Waals surface area contributed by atoms with Crippen LogP contribution in [-0.2, 0) is 9.53 Å². The number of aromatic nitrogens is 4. The number of ether oxygens (including phenoxy) is 1. The second-order valence-corrected chi connectivity index (χ2v) is 6.59. The molecule has 140 valence electrons. The van der Waals surface area contributed by atoms with Gasteiger partial charge in [0, 0.05) is 37.2 Å². The van der Waals surface area contributed by atoms with E-state index in [1.54, 1.807) is 30.2 Å². The third-order valence-corrected chi connectivity index (χ3v) is 4.91. The molecule has 0 unspecified atom stereocenters. The van der Waals surface area contributed by atoms with Gasteiger partial charge in [0.15, 0.2) is 11.5 Å². The number of esters is 1. The third kappa shape index (κ3) is 3.30. The smallest absolute Gasteiger partial charge is 0.309 e. The van der Waals surface area contributed by atoms with Gasteiger partial charge < -0.3 is 14.6 Å². The Morgan fingerprint density at radius 1 is 1.22 bits per heavy atom. The van der Waals surface area contributed by atoms with Crippen molar-refractivity contribution in [1.82, 2.24) is 24.5 Å². The lowest BCUT2D eigenvalue weighted by Crippen LogP contribution is -2.40. The molecule has 0 atom stereocenters. The van der Waals surface area contributed by atoms with E-state index >= 15 is 0 Å². The first-order valence-electron chi connectivity index (χ1n) is 9.11. The van der Waals surface area contributed by atoms with E-state index in [0.29, 0.717) is 49.6 Å². The summed E-state index contributed by atoms with van der Waals surface area (Å²) in [6.07, 6.45) is 6.70. The monoisotopic (exact) mass is 367 g/mol. The Morgan fingerprint density at radius 2 is 2.04 bits per heavy atom. The van der Waals surface area contributed by atoms with E-state index in [1.165, 1.54) is 0 Å². The molecule has 4 rings (SSSR count). The third-order valence-electron chi connectivity index (χ3n) is 4.91. The minimum atomic E-state index is -0.161. The van der Waals surface area contributed by atoms with Gasteiger partial charge in [0.1, 0.15) is 0 Å². The van der Waals surface area contributed by atoms with Crippen molar-refractivity contribution in [2.45, 2.75) is 19.8 Å². The summed E-state index contributed by atoms with van der Waals surface area (Å²) in [6, 6.07) is 5.47. The Hall–Kier alpha value is -3.16. The zero-order valence-corrected chi connectivity index (χ0v) is 15.1. The Morgan fingerprint density at radius 3 is 2.74 bits per heavy atom. The highest BCUT2D eigenvalue weighted by atomic mass is 16.5. The van der Waals surface area contributed by atoms with Gasteiger partial charge >= 0.3 is 5.97 Å². The molecular weight excluding hydrogens is 346 g/mol. The number of amides is 1. The quantitative estimate of drug-likeness (QED) is 0.713. The lowest BCUT2D eigenvalue weighted by Gasteiger charge is -2.30. The molecule has 1 aliphatic heterocycles. The zero-order valence-electron chi connectivity index (χ0n) is 15.1. The first-order valence-corrected chi connectivity index (χ1v) is 9.11. The number of nitrogens with one attached hydrogen (secondary N) is 1. The first kappa shape index (κ1) is 17.3. The average molecular weight is 367 g/mol. The van der Waals surface area contributed by atoms with Crippen molar-refractivity contribution >= 4 is 17.5 Å². The molecule has 0 radical (unpaired) electrons. The number of H-pyrrole nitrogens is 1. The van der Waals surface area contributed by atoms with Crippen molar-refractivity contribution in [3.63, 3.8) is 0 Å². The molecule has 1 saturated heterocycles. The Labute approximate surface area is 156 Å². The van der Waals surface area contributed by atoms with Crippen molar-refractivity contribution in [3.8, 4) is 11.4 Å². The van der Waals surface area contributed by atoms with Gasteiger partial charge in [0.25, 0.3) is 5.91 Å². The molecule has 1 aliphatic rings. The van der Waals surface area contributed by atoms with E-state index in [0.717, 1.165) is 5.56 Å². The van der Waals surface area contributed by atoms with Crippen LogP contribution in [0.5, 0.6) is 0 Å². The van der Waals surface area contributed by atoms with E-state index < -0.39 is 0 Å². The van der Waals surface area contributed by atoms with Crippen LogP contribution in [0.1, 0.15) is 30.1 Å². The highest BCUT2D eigenvalue weighted by Crippen LogP contribution is 2.22. The molecule has 3 aromatic heterocycles. The van der Waals surface area contributed by atoms with Crippen LogP contribution in [0.4, 0.5) is 0 Å². The summed E-state index contributed by atoms with van der Waals surface area (Å²) in [6.45, 7) is 3.29. The summed E-state index contributed by atoms with van der Waals surface area (Å²) < 4.78 is 6.91. The van der Waals surface area contributed by atoms with Gasteiger partial charge in [0.05, 0.1) is 18.1 Å². The summed E-state index contributed by atoms with van der Waals surface area (Å²) in [5.74, 6) is 0.357. The summed E-state index contributed by atoms with van der Waals surface area (Å²) in [7, 11) is 0. The molecule has 1 N–H and O–H groups in total. The summed E-state index contributed by atoms with van der Waals surface area (Å²) in [4.78, 5) is 29.6. The Balaban J connectivity index is 1.52. The SMILES string of the molecule is CCOC(=O)C1CCN(C(=O)c2ccc3nnc(-c4cc[nH]c4)n3c2)CC1. The number of carbonyl (C=O) groups is 2. The van der Waals surface area contributed by atoms with Gasteiger partial charge in [-0.1, -0.05) is 0 Å². The predicted octanol–water partition coefficient (Wildman–Crippen LogP) is 2.14. The number of carbonyl (C=O) groups excluding carboxylic acids is 2. The summed E-state index contributed by atoms with van der Waals surface area (Å²) in [5.41, 5.74) is 2.17. The van der Waals surface area contributed by atoms with Gasteiger partial charge in [-0.15, -0.1) is 10.2 Å². The molecule has 4 heterocycles. The lowest BCUT2D eigenvalue weighted by atomic mass is 9.96. The molecular formula is C19H21N5O3. The van der Waals surface area contributed by atoms with Crippen molar-refractivity contribution in [2.75, 3.05) is 19.7 Å². The molecule has 0 saturated carbocycles. The average Bonchev–Trinajstić information content (AvgIpc) is 3.36. The van der Waals surface area contributed by atoms with Crippen LogP contribution in [0.15, 0.2) is 36.8 Å². The predicted molar refractivity (Wildman–Crippen MR) is 98.0 cm³/mol. The molecule has 3 aromatic rings. The normalized spacial score (nSPS) is 15.2. The van der Waals surface area contributed by atoms with Crippen molar-refractivity contribution < 1.29 is 14.3 Å². The number of hydrogen-bond donors (Lipinski definition) is 1. The molecule has 8 nitrogen and oxygen atoms in total. The van der Waals surface area contributed by atoms with E-state index in [1.807, 2.05) is 22.9 Å². The number of fused-ring (bicyclic) bond motifs is 1. The fourth-order valence-corrected chi connectivity index (χ4v) is 3.44. The molecule has 1 fully saturated rings. The minimum Gasteiger partial charge on any atom is -0.466 e. The van der Waals surface area contributed by atoms with E-state index in [9.17, 15) is 9.59 Å². The summed E-state index contributed by atoms with van der Waals surface area (Å²) in [5, 5.41) is 8.37. The molecule has 8 heteroatoms. The van der Waals surface area contributed by atoms with Crippen LogP contribution in [0, 0.1) is 5.92 Å². The van der Waals surface area contributed by atoms with Crippen LogP contribution in [0.25, 0.3) is 17.0 Å². The number of hydrogen-bond acceptors (Lipinski definition) is 5. The molecule has 27 heavy (non-hydrogen) atoms. The standard InChI is InChI=1S/C19H21N5O3/c1-2-27-19(26)13-6-9-23(10-7-13)18(25)15-3-4-16-21-22-17(24(16)12-15)14-5-8-20-11-14/h3-5,8,11-13,20H,2,6-7,9-10H2,1H3. The van der Waals surface area contributed by atoms with Crippen molar-refractivity contribution in [3.05, 3.63) is 42.4 Å². The highest BCUT2D eigenvalue weighted by molar-refractivity contribution is 5.94. The number of aromatic amines is 1. The first-order chi connectivity index (χ1) is 13.2. The van der Waals surface area contributed by atoms with E-state index in [-0.39, 0.29) is 17.8 Å². The number of nitrogens with zero attached hydrogens (tertiary/aromatic N) is 4. The van der Waals surface area contributed by atoms with E-state index in [4.69, 9.17) is 4.74 Å². The number of likely N-dealkylation sites (tertiary alicyclic amines) is 1. The number of rotatable bonds is 4. The van der Waals surface area contributed by atoms with Gasteiger partial charge in [0.2, 0.25) is 0 Å². The Bertz CT molecular complexity index is 955. The fourth-order valence-electron chi connectivity index (χ4n) is 3.44. The maximum atomic E-state index is 12.9. The molecule has 0 bridgehead atoms. The maximum absolute atomic E-state index is 12.9. The van der Waals surface area contributed by atoms with Crippen LogP contribution in [-0.4, -0.2) is 56.1 Å². The second kappa shape index (κ2) is 7.22. The zero-order chi connectivity index (χ0) is 18.8. The highest BCUT2D eigenvalue weighted by Gasteiger charge is 2.28. The molecule has 0 spiro atoms. The topological polar surface area (TPSA) is 92.6 Å². The van der Waals surface area contributed by atoms with Crippen molar-refractivity contribution in [1.29, 1.82) is 0 Å². The number of piperidine rings is 1.